The second-order valence-electron chi connectivity index (χ2n) is 6.92. The van der Waals surface area contributed by atoms with Gasteiger partial charge in [0.05, 0.1) is 10.0 Å². The highest BCUT2D eigenvalue weighted by molar-refractivity contribution is 9.11. The minimum atomic E-state index is -4.58. The maximum Gasteiger partial charge on any atom is 0.416 e. The fourth-order valence-electron chi connectivity index (χ4n) is 2.85. The Morgan fingerprint density at radius 2 is 1.79 bits per heavy atom. The molecule has 0 aliphatic heterocycles. The lowest BCUT2D eigenvalue weighted by Gasteiger charge is -2.13. The molecule has 0 saturated carbocycles. The van der Waals surface area contributed by atoms with Crippen molar-refractivity contribution in [2.75, 3.05) is 5.32 Å². The number of carbonyl (C=O) groups is 1. The Kier molecular flexibility index (Phi) is 8.12. The van der Waals surface area contributed by atoms with Gasteiger partial charge < -0.3 is 10.1 Å². The van der Waals surface area contributed by atoms with Crippen molar-refractivity contribution >= 4 is 49.5 Å². The summed E-state index contributed by atoms with van der Waals surface area (Å²) in [6.45, 7) is 0.0830. The zero-order valence-electron chi connectivity index (χ0n) is 17.1. The van der Waals surface area contributed by atoms with E-state index >= 15 is 0 Å². The van der Waals surface area contributed by atoms with Crippen molar-refractivity contribution in [1.29, 1.82) is 5.26 Å². The molecule has 0 bridgehead atoms. The number of benzene rings is 3. The molecule has 0 unspecified atom stereocenters. The largest absolute Gasteiger partial charge is 0.487 e. The second-order valence-corrected chi connectivity index (χ2v) is 8.69. The van der Waals surface area contributed by atoms with Crippen LogP contribution in [0.4, 0.5) is 23.2 Å². The predicted octanol–water partition coefficient (Wildman–Crippen LogP) is 7.49. The molecule has 0 radical (unpaired) electrons. The summed E-state index contributed by atoms with van der Waals surface area (Å²) in [5.74, 6) is -0.961. The van der Waals surface area contributed by atoms with Crippen molar-refractivity contribution in [3.8, 4) is 11.8 Å². The number of hydrogen-bond acceptors (Lipinski definition) is 3. The van der Waals surface area contributed by atoms with E-state index in [1.165, 1.54) is 24.3 Å². The van der Waals surface area contributed by atoms with Crippen LogP contribution in [0.1, 0.15) is 16.7 Å². The average molecular weight is 598 g/mol. The van der Waals surface area contributed by atoms with Gasteiger partial charge in [-0.1, -0.05) is 34.1 Å². The summed E-state index contributed by atoms with van der Waals surface area (Å²) in [5.41, 5.74) is -0.341. The van der Waals surface area contributed by atoms with Gasteiger partial charge in [-0.05, 0) is 70.0 Å². The first kappa shape index (κ1) is 25.5. The number of rotatable bonds is 6. The lowest BCUT2D eigenvalue weighted by Crippen LogP contribution is -2.14. The number of alkyl halides is 3. The molecular formula is C24H14Br2F4N2O2. The number of nitriles is 1. The number of anilines is 1. The normalized spacial score (nSPS) is 11.6. The molecule has 0 aromatic heterocycles. The lowest BCUT2D eigenvalue weighted by atomic mass is 10.1. The van der Waals surface area contributed by atoms with Crippen molar-refractivity contribution in [3.63, 3.8) is 0 Å². The van der Waals surface area contributed by atoms with E-state index in [2.05, 4.69) is 37.2 Å². The molecule has 34 heavy (non-hydrogen) atoms. The third kappa shape index (κ3) is 6.68. The molecule has 3 rings (SSSR count). The molecule has 4 nitrogen and oxygen atoms in total. The number of hydrogen-bond donors (Lipinski definition) is 1. The van der Waals surface area contributed by atoms with E-state index in [4.69, 9.17) is 4.74 Å². The Morgan fingerprint density at radius 1 is 1.09 bits per heavy atom. The maximum absolute atomic E-state index is 13.1. The molecular weight excluding hydrogens is 584 g/mol. The number of halogens is 6. The SMILES string of the molecule is N#C/C(=C\c1cc(Br)cc(Br)c1OCc1ccc(F)cc1)C(=O)Nc1cccc(C(F)(F)F)c1. The van der Waals surface area contributed by atoms with Crippen LogP contribution in [0.15, 0.2) is 75.2 Å². The molecule has 3 aromatic carbocycles. The minimum absolute atomic E-state index is 0.0830. The van der Waals surface area contributed by atoms with Crippen LogP contribution in [0.3, 0.4) is 0 Å². The van der Waals surface area contributed by atoms with E-state index in [9.17, 15) is 27.6 Å². The molecule has 0 spiro atoms. The lowest BCUT2D eigenvalue weighted by molar-refractivity contribution is -0.137. The van der Waals surface area contributed by atoms with Crippen molar-refractivity contribution in [2.24, 2.45) is 0 Å². The van der Waals surface area contributed by atoms with Crippen molar-refractivity contribution in [2.45, 2.75) is 12.8 Å². The van der Waals surface area contributed by atoms with E-state index in [-0.39, 0.29) is 23.7 Å². The number of amides is 1. The summed E-state index contributed by atoms with van der Waals surface area (Å²) < 4.78 is 58.9. The first-order chi connectivity index (χ1) is 16.1. The summed E-state index contributed by atoms with van der Waals surface area (Å²) in [6.07, 6.45) is -3.31. The van der Waals surface area contributed by atoms with Crippen molar-refractivity contribution in [1.82, 2.24) is 0 Å². The highest BCUT2D eigenvalue weighted by Crippen LogP contribution is 2.35. The highest BCUT2D eigenvalue weighted by atomic mass is 79.9. The van der Waals surface area contributed by atoms with Gasteiger partial charge in [0.1, 0.15) is 29.8 Å². The number of carbonyl (C=O) groups excluding carboxylic acids is 1. The van der Waals surface area contributed by atoms with Gasteiger partial charge in [0.25, 0.3) is 5.91 Å². The van der Waals surface area contributed by atoms with Crippen LogP contribution >= 0.6 is 31.9 Å². The van der Waals surface area contributed by atoms with E-state index in [0.717, 1.165) is 18.2 Å². The van der Waals surface area contributed by atoms with Crippen molar-refractivity contribution in [3.05, 3.63) is 97.7 Å². The van der Waals surface area contributed by atoms with Crippen LogP contribution in [0.25, 0.3) is 6.08 Å². The Labute approximate surface area is 209 Å². The number of nitrogens with one attached hydrogen (secondary N) is 1. The third-order valence-corrected chi connectivity index (χ3v) is 5.49. The van der Waals surface area contributed by atoms with E-state index in [0.29, 0.717) is 25.8 Å². The summed E-state index contributed by atoms with van der Waals surface area (Å²) in [4.78, 5) is 12.6. The Morgan fingerprint density at radius 3 is 2.44 bits per heavy atom. The molecule has 174 valence electrons. The average Bonchev–Trinajstić information content (AvgIpc) is 2.77. The molecule has 3 aromatic rings. The molecule has 0 saturated heterocycles. The maximum atomic E-state index is 13.1. The zero-order valence-corrected chi connectivity index (χ0v) is 20.3. The molecule has 0 aliphatic rings. The second kappa shape index (κ2) is 10.8. The molecule has 0 atom stereocenters. The minimum Gasteiger partial charge on any atom is -0.487 e. The molecule has 10 heteroatoms. The molecule has 0 heterocycles. The van der Waals surface area contributed by atoms with Crippen LogP contribution in [-0.2, 0) is 17.6 Å². The van der Waals surface area contributed by atoms with Gasteiger partial charge >= 0.3 is 6.18 Å². The number of ether oxygens (including phenoxy) is 1. The number of nitrogens with zero attached hydrogens (tertiary/aromatic N) is 1. The first-order valence-corrected chi connectivity index (χ1v) is 11.1. The van der Waals surface area contributed by atoms with E-state index in [1.54, 1.807) is 30.3 Å². The predicted molar refractivity (Wildman–Crippen MR) is 126 cm³/mol. The summed E-state index contributed by atoms with van der Waals surface area (Å²) in [5, 5.41) is 11.8. The summed E-state index contributed by atoms with van der Waals surface area (Å²) >= 11 is 6.71. The molecule has 0 fully saturated rings. The zero-order chi connectivity index (χ0) is 24.9. The van der Waals surface area contributed by atoms with E-state index in [1.807, 2.05) is 0 Å². The Bertz CT molecular complexity index is 1280. The van der Waals surface area contributed by atoms with Gasteiger partial charge in [0.2, 0.25) is 0 Å². The van der Waals surface area contributed by atoms with Crippen LogP contribution in [-0.4, -0.2) is 5.91 Å². The van der Waals surface area contributed by atoms with Gasteiger partial charge in [-0.15, -0.1) is 0 Å². The van der Waals surface area contributed by atoms with Crippen molar-refractivity contribution < 1.29 is 27.1 Å². The summed E-state index contributed by atoms with van der Waals surface area (Å²) in [6, 6.07) is 14.9. The van der Waals surface area contributed by atoms with Gasteiger partial charge in [-0.3, -0.25) is 4.79 Å². The van der Waals surface area contributed by atoms with Gasteiger partial charge in [0, 0.05) is 15.7 Å². The van der Waals surface area contributed by atoms with Crippen LogP contribution in [0, 0.1) is 17.1 Å². The molecule has 1 N–H and O–H groups in total. The fraction of sp³-hybridized carbons (Fsp3) is 0.0833. The topological polar surface area (TPSA) is 62.1 Å². The van der Waals surface area contributed by atoms with Crippen LogP contribution < -0.4 is 10.1 Å². The quantitative estimate of drug-likeness (QED) is 0.182. The van der Waals surface area contributed by atoms with Gasteiger partial charge in [-0.2, -0.15) is 18.4 Å². The smallest absolute Gasteiger partial charge is 0.416 e. The van der Waals surface area contributed by atoms with E-state index < -0.39 is 17.6 Å². The molecule has 0 aliphatic carbocycles. The first-order valence-electron chi connectivity index (χ1n) is 9.53. The standard InChI is InChI=1S/C24H14Br2F4N2O2/c25-18-9-15(22(21(26)11-18)34-13-14-4-6-19(27)7-5-14)8-16(12-31)23(33)32-20-3-1-2-17(10-20)24(28,29)30/h1-11H,13H2,(H,32,33)/b16-8+. The third-order valence-electron chi connectivity index (χ3n) is 4.45. The van der Waals surface area contributed by atoms with Gasteiger partial charge in [0.15, 0.2) is 0 Å². The summed E-state index contributed by atoms with van der Waals surface area (Å²) in [7, 11) is 0. The van der Waals surface area contributed by atoms with Gasteiger partial charge in [-0.25, -0.2) is 4.39 Å². The molecule has 1 amide bonds. The fourth-order valence-corrected chi connectivity index (χ4v) is 4.22. The Hall–Kier alpha value is -3.16. The van der Waals surface area contributed by atoms with Crippen LogP contribution in [0.5, 0.6) is 5.75 Å². The Balaban J connectivity index is 1.88. The monoisotopic (exact) mass is 596 g/mol. The highest BCUT2D eigenvalue weighted by Gasteiger charge is 2.30. The van der Waals surface area contributed by atoms with Crippen LogP contribution in [0.2, 0.25) is 0 Å².